The molecule has 1 fully saturated rings. The average molecular weight is 517 g/mol. The van der Waals surface area contributed by atoms with Gasteiger partial charge in [0.25, 0.3) is 11.8 Å². The van der Waals surface area contributed by atoms with Crippen LogP contribution in [0.4, 0.5) is 5.13 Å². The third-order valence-electron chi connectivity index (χ3n) is 5.17. The van der Waals surface area contributed by atoms with Crippen LogP contribution in [0, 0.1) is 0 Å². The molecule has 2 aliphatic rings. The molecule has 1 unspecified atom stereocenters. The predicted octanol–water partition coefficient (Wildman–Crippen LogP) is 1.48. The quantitative estimate of drug-likeness (QED) is 0.191. The van der Waals surface area contributed by atoms with Gasteiger partial charge in [-0.25, -0.2) is 9.97 Å². The van der Waals surface area contributed by atoms with Crippen molar-refractivity contribution in [1.29, 1.82) is 0 Å². The Kier molecular flexibility index (Phi) is 5.79. The van der Waals surface area contributed by atoms with E-state index in [2.05, 4.69) is 33.1 Å². The van der Waals surface area contributed by atoms with Crippen molar-refractivity contribution in [3.8, 4) is 0 Å². The van der Waals surface area contributed by atoms with Crippen molar-refractivity contribution in [3.05, 3.63) is 46.9 Å². The minimum atomic E-state index is -0.886. The lowest BCUT2D eigenvalue weighted by molar-refractivity contribution is -0.145. The minimum absolute atomic E-state index is 0.0900. The van der Waals surface area contributed by atoms with Gasteiger partial charge in [0, 0.05) is 11.1 Å². The van der Waals surface area contributed by atoms with Gasteiger partial charge in [0.2, 0.25) is 11.0 Å². The first kappa shape index (κ1) is 22.4. The van der Waals surface area contributed by atoms with Crippen LogP contribution in [0.3, 0.4) is 0 Å². The molecule has 1 aromatic carbocycles. The van der Waals surface area contributed by atoms with Crippen LogP contribution < -0.4 is 11.1 Å². The number of para-hydroxylation sites is 2. The Hall–Kier alpha value is -3.36. The first-order chi connectivity index (χ1) is 16.4. The van der Waals surface area contributed by atoms with E-state index in [-0.39, 0.29) is 28.1 Å². The van der Waals surface area contributed by atoms with Gasteiger partial charge in [0.15, 0.2) is 16.4 Å². The van der Waals surface area contributed by atoms with E-state index in [9.17, 15) is 14.4 Å². The summed E-state index contributed by atoms with van der Waals surface area (Å²) in [6, 6.07) is 6.31. The van der Waals surface area contributed by atoms with Crippen LogP contribution in [0.15, 0.2) is 44.9 Å². The number of benzene rings is 1. The molecule has 0 aliphatic carbocycles. The van der Waals surface area contributed by atoms with Gasteiger partial charge >= 0.3 is 0 Å². The number of oxime groups is 1. The number of β-lactam (4-membered cyclic amide) rings is 1. The number of carbonyl (C=O) groups is 3. The molecule has 2 aromatic heterocycles. The maximum Gasteiger partial charge on any atom is 0.276 e. The summed E-state index contributed by atoms with van der Waals surface area (Å²) in [5.74, 6) is -0.540. The summed E-state index contributed by atoms with van der Waals surface area (Å²) < 4.78 is 5.81. The zero-order valence-corrected chi connectivity index (χ0v) is 19.9. The van der Waals surface area contributed by atoms with Gasteiger partial charge in [-0.15, -0.1) is 23.1 Å². The Morgan fingerprint density at radius 1 is 1.35 bits per heavy atom. The fourth-order valence-corrected chi connectivity index (χ4v) is 5.81. The van der Waals surface area contributed by atoms with Gasteiger partial charge in [-0.3, -0.25) is 19.3 Å². The van der Waals surface area contributed by atoms with E-state index in [1.165, 1.54) is 23.8 Å². The summed E-state index contributed by atoms with van der Waals surface area (Å²) in [5, 5.41) is 7.09. The number of hydrogen-bond acceptors (Lipinski definition) is 11. The van der Waals surface area contributed by atoms with E-state index in [0.29, 0.717) is 22.4 Å². The van der Waals surface area contributed by atoms with Crippen LogP contribution in [0.5, 0.6) is 0 Å². The highest BCUT2D eigenvalue weighted by molar-refractivity contribution is 8.00. The Morgan fingerprint density at radius 2 is 2.15 bits per heavy atom. The molecule has 2 aliphatic heterocycles. The number of nitrogens with one attached hydrogen (secondary N) is 1. The standard InChI is InChI=1S/C20H16N6O5S3/c1-30-25-12(10-7-34-20(21)23-10)15(27)24-13-17(28)26-14(19(29)32)8(6-33-18(13)26)16-22-9-4-2-3-5-11(9)31-16/h2-5,7,13,18H,6H2,1H3,(H2,21,23)(H,24,27)(H,29,32)/b25-12-/t13?,18-/m1/s1. The maximum atomic E-state index is 13.0. The summed E-state index contributed by atoms with van der Waals surface area (Å²) in [6.45, 7) is 0. The second-order valence-corrected chi connectivity index (χ2v) is 9.57. The molecule has 0 saturated carbocycles. The summed E-state index contributed by atoms with van der Waals surface area (Å²) in [7, 11) is 1.29. The molecule has 4 heterocycles. The predicted molar refractivity (Wildman–Crippen MR) is 130 cm³/mol. The molecule has 0 spiro atoms. The van der Waals surface area contributed by atoms with Crippen LogP contribution in [-0.4, -0.2) is 61.8 Å². The van der Waals surface area contributed by atoms with Crippen LogP contribution in [-0.2, 0) is 19.2 Å². The van der Waals surface area contributed by atoms with Crippen LogP contribution >= 0.6 is 35.7 Å². The number of thiazole rings is 1. The topological polar surface area (TPSA) is 153 Å². The molecule has 0 bridgehead atoms. The zero-order valence-electron chi connectivity index (χ0n) is 17.4. The lowest BCUT2D eigenvalue weighted by Crippen LogP contribution is -2.70. The third kappa shape index (κ3) is 3.73. The number of aromatic nitrogens is 2. The SMILES string of the molecule is CO/N=C(\C(=O)NC1C(=O)N2C(C(=O)S)=C(c3nc4ccccc4o3)CS[C@H]12)c1csc(N)n1. The minimum Gasteiger partial charge on any atom is -0.436 e. The number of anilines is 1. The van der Waals surface area contributed by atoms with Gasteiger partial charge in [0.1, 0.15) is 35.4 Å². The summed E-state index contributed by atoms with van der Waals surface area (Å²) in [4.78, 5) is 52.9. The number of carbonyl (C=O) groups excluding carboxylic acids is 3. The molecule has 14 heteroatoms. The number of hydrogen-bond donors (Lipinski definition) is 3. The smallest absolute Gasteiger partial charge is 0.276 e. The lowest BCUT2D eigenvalue weighted by Gasteiger charge is -2.49. The Bertz CT molecular complexity index is 1360. The van der Waals surface area contributed by atoms with Crippen molar-refractivity contribution < 1.29 is 23.6 Å². The molecular formula is C20H16N6O5S3. The van der Waals surface area contributed by atoms with E-state index in [4.69, 9.17) is 15.0 Å². The Balaban J connectivity index is 1.41. The van der Waals surface area contributed by atoms with Crippen LogP contribution in [0.25, 0.3) is 16.7 Å². The monoisotopic (exact) mass is 516 g/mol. The molecule has 3 N–H and O–H groups in total. The van der Waals surface area contributed by atoms with Crippen molar-refractivity contribution in [2.24, 2.45) is 5.16 Å². The Morgan fingerprint density at radius 3 is 2.82 bits per heavy atom. The highest BCUT2D eigenvalue weighted by Gasteiger charge is 2.54. The third-order valence-corrected chi connectivity index (χ3v) is 7.34. The molecule has 3 aromatic rings. The van der Waals surface area contributed by atoms with Crippen molar-refractivity contribution in [1.82, 2.24) is 20.2 Å². The molecule has 5 rings (SSSR count). The number of rotatable bonds is 6. The number of amides is 2. The first-order valence-electron chi connectivity index (χ1n) is 9.79. The maximum absolute atomic E-state index is 13.0. The van der Waals surface area contributed by atoms with Crippen molar-refractivity contribution >= 4 is 80.2 Å². The van der Waals surface area contributed by atoms with Gasteiger partial charge in [-0.1, -0.05) is 29.9 Å². The largest absolute Gasteiger partial charge is 0.436 e. The second-order valence-electron chi connectivity index (χ2n) is 7.17. The molecule has 2 atom stereocenters. The van der Waals surface area contributed by atoms with Crippen LogP contribution in [0.2, 0.25) is 0 Å². The number of nitrogens with two attached hydrogens (primary N) is 1. The van der Waals surface area contributed by atoms with E-state index in [1.54, 1.807) is 17.5 Å². The fourth-order valence-electron chi connectivity index (χ4n) is 3.69. The summed E-state index contributed by atoms with van der Waals surface area (Å²) >= 11 is 6.49. The van der Waals surface area contributed by atoms with Gasteiger partial charge < -0.3 is 20.3 Å². The van der Waals surface area contributed by atoms with Gasteiger partial charge in [-0.05, 0) is 12.1 Å². The number of thiol groups is 1. The number of thioether (sulfide) groups is 1. The molecule has 1 saturated heterocycles. The lowest BCUT2D eigenvalue weighted by atomic mass is 10.0. The van der Waals surface area contributed by atoms with E-state index in [1.807, 2.05) is 12.1 Å². The molecule has 0 radical (unpaired) electrons. The number of nitrogens with zero attached hydrogens (tertiary/aromatic N) is 4. The fraction of sp³-hybridized carbons (Fsp3) is 0.200. The summed E-state index contributed by atoms with van der Waals surface area (Å²) in [5.41, 5.74) is 7.52. The molecular weight excluding hydrogens is 500 g/mol. The van der Waals surface area contributed by atoms with Crippen molar-refractivity contribution in [3.63, 3.8) is 0 Å². The van der Waals surface area contributed by atoms with Crippen molar-refractivity contribution in [2.45, 2.75) is 11.4 Å². The highest BCUT2D eigenvalue weighted by atomic mass is 32.2. The van der Waals surface area contributed by atoms with E-state index >= 15 is 0 Å². The molecule has 11 nitrogen and oxygen atoms in total. The van der Waals surface area contributed by atoms with Crippen molar-refractivity contribution in [2.75, 3.05) is 18.6 Å². The normalized spacial score (nSPS) is 20.2. The molecule has 34 heavy (non-hydrogen) atoms. The number of nitrogen functional groups attached to an aromatic ring is 1. The van der Waals surface area contributed by atoms with Crippen LogP contribution in [0.1, 0.15) is 11.6 Å². The van der Waals surface area contributed by atoms with E-state index < -0.39 is 28.3 Å². The number of fused-ring (bicyclic) bond motifs is 2. The zero-order chi connectivity index (χ0) is 24.0. The van der Waals surface area contributed by atoms with Gasteiger partial charge in [0.05, 0.1) is 5.57 Å². The molecule has 2 amide bonds. The average Bonchev–Trinajstić information content (AvgIpc) is 3.45. The van der Waals surface area contributed by atoms with E-state index in [0.717, 1.165) is 11.3 Å². The Labute approximate surface area is 205 Å². The first-order valence-corrected chi connectivity index (χ1v) is 12.2. The highest BCUT2D eigenvalue weighted by Crippen LogP contribution is 2.44. The number of oxazole rings is 1. The summed E-state index contributed by atoms with van der Waals surface area (Å²) in [6.07, 6.45) is 0. The molecule has 174 valence electrons. The van der Waals surface area contributed by atoms with Gasteiger partial charge in [-0.2, -0.15) is 0 Å². The second kappa shape index (κ2) is 8.77.